The molecule has 0 aliphatic rings. The van der Waals surface area contributed by atoms with Crippen LogP contribution in [0.25, 0.3) is 45.4 Å². The van der Waals surface area contributed by atoms with E-state index in [1.807, 2.05) is 66.7 Å². The minimum Gasteiger partial charge on any atom is -0.493 e. The van der Waals surface area contributed by atoms with E-state index in [-0.39, 0.29) is 0 Å². The van der Waals surface area contributed by atoms with Gasteiger partial charge in [-0.2, -0.15) is 4.98 Å². The summed E-state index contributed by atoms with van der Waals surface area (Å²) in [6.45, 7) is 0. The fourth-order valence-corrected chi connectivity index (χ4v) is 3.28. The number of para-hydroxylation sites is 1. The van der Waals surface area contributed by atoms with Crippen molar-refractivity contribution in [3.05, 3.63) is 66.7 Å². The number of fused-ring (bicyclic) bond motifs is 1. The van der Waals surface area contributed by atoms with Gasteiger partial charge in [0.25, 0.3) is 5.89 Å². The molecule has 0 saturated heterocycles. The van der Waals surface area contributed by atoms with Gasteiger partial charge in [-0.3, -0.25) is 0 Å². The van der Waals surface area contributed by atoms with E-state index in [1.165, 1.54) is 0 Å². The number of aromatic nitrogens is 3. The monoisotopic (exact) mass is 399 g/mol. The molecule has 7 heteroatoms. The van der Waals surface area contributed by atoms with Crippen molar-refractivity contribution in [3.63, 3.8) is 0 Å². The van der Waals surface area contributed by atoms with E-state index in [2.05, 4.69) is 15.1 Å². The lowest BCUT2D eigenvalue weighted by Crippen LogP contribution is -1.93. The van der Waals surface area contributed by atoms with E-state index in [1.54, 1.807) is 14.2 Å². The van der Waals surface area contributed by atoms with E-state index < -0.39 is 0 Å². The van der Waals surface area contributed by atoms with Gasteiger partial charge in [0.05, 0.1) is 19.8 Å². The highest BCUT2D eigenvalue weighted by molar-refractivity contribution is 5.81. The van der Waals surface area contributed by atoms with E-state index >= 15 is 0 Å². The molecule has 0 radical (unpaired) electrons. The molecule has 0 unspecified atom stereocenters. The molecule has 5 rings (SSSR count). The molecule has 3 aromatic carbocycles. The number of benzene rings is 3. The van der Waals surface area contributed by atoms with Gasteiger partial charge in [-0.1, -0.05) is 29.4 Å². The Morgan fingerprint density at radius 3 is 2.43 bits per heavy atom. The first kappa shape index (κ1) is 17.9. The average molecular weight is 399 g/mol. The Bertz CT molecular complexity index is 1330. The van der Waals surface area contributed by atoms with Crippen molar-refractivity contribution in [2.24, 2.45) is 0 Å². The third-order valence-electron chi connectivity index (χ3n) is 4.73. The first-order valence-electron chi connectivity index (χ1n) is 9.28. The SMILES string of the molecule is COc1cccc(-c2nc(-c3ccc4oc(-c5ccccc5)nc4c3)no2)c1OC. The van der Waals surface area contributed by atoms with Crippen LogP contribution in [0, 0.1) is 0 Å². The number of methoxy groups -OCH3 is 2. The van der Waals surface area contributed by atoms with Crippen molar-refractivity contribution in [3.8, 4) is 45.8 Å². The van der Waals surface area contributed by atoms with Crippen LogP contribution in [0.1, 0.15) is 0 Å². The van der Waals surface area contributed by atoms with Gasteiger partial charge in [0.1, 0.15) is 5.52 Å². The second-order valence-electron chi connectivity index (χ2n) is 6.53. The molecular weight excluding hydrogens is 382 g/mol. The standard InChI is InChI=1S/C23H17N3O4/c1-27-19-10-6-9-16(20(19)28-2)23-25-21(26-30-23)15-11-12-18-17(13-15)24-22(29-18)14-7-4-3-5-8-14/h3-13H,1-2H3. The molecule has 0 atom stereocenters. The Labute approximate surface area is 171 Å². The van der Waals surface area contributed by atoms with E-state index in [9.17, 15) is 0 Å². The zero-order valence-corrected chi connectivity index (χ0v) is 16.3. The normalized spacial score (nSPS) is 11.0. The van der Waals surface area contributed by atoms with Crippen LogP contribution in [0.5, 0.6) is 11.5 Å². The van der Waals surface area contributed by atoms with Crippen molar-refractivity contribution < 1.29 is 18.4 Å². The lowest BCUT2D eigenvalue weighted by Gasteiger charge is -2.09. The first-order chi connectivity index (χ1) is 14.8. The second-order valence-corrected chi connectivity index (χ2v) is 6.53. The molecule has 0 spiro atoms. The van der Waals surface area contributed by atoms with Gasteiger partial charge in [0.15, 0.2) is 17.1 Å². The number of hydrogen-bond donors (Lipinski definition) is 0. The summed E-state index contributed by atoms with van der Waals surface area (Å²) >= 11 is 0. The molecule has 7 nitrogen and oxygen atoms in total. The minimum atomic E-state index is 0.339. The van der Waals surface area contributed by atoms with Gasteiger partial charge in [-0.15, -0.1) is 0 Å². The summed E-state index contributed by atoms with van der Waals surface area (Å²) in [7, 11) is 3.15. The van der Waals surface area contributed by atoms with Gasteiger partial charge in [0, 0.05) is 11.1 Å². The predicted octanol–water partition coefficient (Wildman–Crippen LogP) is 5.23. The Balaban J connectivity index is 1.52. The minimum absolute atomic E-state index is 0.339. The summed E-state index contributed by atoms with van der Waals surface area (Å²) in [4.78, 5) is 9.13. The lowest BCUT2D eigenvalue weighted by atomic mass is 10.1. The van der Waals surface area contributed by atoms with Crippen LogP contribution in [0.4, 0.5) is 0 Å². The van der Waals surface area contributed by atoms with Crippen molar-refractivity contribution in [2.75, 3.05) is 14.2 Å². The summed E-state index contributed by atoms with van der Waals surface area (Å²) in [5.41, 5.74) is 3.76. The summed E-state index contributed by atoms with van der Waals surface area (Å²) in [5, 5.41) is 4.12. The zero-order chi connectivity index (χ0) is 20.5. The van der Waals surface area contributed by atoms with Crippen molar-refractivity contribution in [1.29, 1.82) is 0 Å². The largest absolute Gasteiger partial charge is 0.493 e. The predicted molar refractivity (Wildman–Crippen MR) is 111 cm³/mol. The van der Waals surface area contributed by atoms with Crippen molar-refractivity contribution >= 4 is 11.1 Å². The molecule has 148 valence electrons. The van der Waals surface area contributed by atoms with E-state index in [0.29, 0.717) is 40.3 Å². The second kappa shape index (κ2) is 7.36. The average Bonchev–Trinajstić information content (AvgIpc) is 3.46. The highest BCUT2D eigenvalue weighted by atomic mass is 16.5. The molecule has 2 heterocycles. The van der Waals surface area contributed by atoms with E-state index in [0.717, 1.165) is 16.6 Å². The number of ether oxygens (including phenoxy) is 2. The first-order valence-corrected chi connectivity index (χ1v) is 9.28. The van der Waals surface area contributed by atoms with E-state index in [4.69, 9.17) is 18.4 Å². The maximum absolute atomic E-state index is 5.87. The molecule has 30 heavy (non-hydrogen) atoms. The molecule has 0 saturated carbocycles. The van der Waals surface area contributed by atoms with Gasteiger partial charge < -0.3 is 18.4 Å². The van der Waals surface area contributed by atoms with Crippen LogP contribution in [0.15, 0.2) is 75.7 Å². The summed E-state index contributed by atoms with van der Waals surface area (Å²) in [6, 6.07) is 20.9. The van der Waals surface area contributed by atoms with Gasteiger partial charge in [-0.05, 0) is 42.5 Å². The fraction of sp³-hybridized carbons (Fsp3) is 0.0870. The van der Waals surface area contributed by atoms with Crippen molar-refractivity contribution in [1.82, 2.24) is 15.1 Å². The van der Waals surface area contributed by atoms with Crippen LogP contribution in [-0.2, 0) is 0 Å². The maximum atomic E-state index is 5.87. The molecule has 0 fully saturated rings. The quantitative estimate of drug-likeness (QED) is 0.400. The number of rotatable bonds is 5. The zero-order valence-electron chi connectivity index (χ0n) is 16.3. The number of hydrogen-bond acceptors (Lipinski definition) is 7. The third kappa shape index (κ3) is 3.06. The molecule has 2 aromatic heterocycles. The van der Waals surface area contributed by atoms with Crippen LogP contribution >= 0.6 is 0 Å². The van der Waals surface area contributed by atoms with Crippen LogP contribution in [0.3, 0.4) is 0 Å². The summed E-state index contributed by atoms with van der Waals surface area (Å²) < 4.78 is 22.2. The molecular formula is C23H17N3O4. The Hall–Kier alpha value is -4.13. The molecule has 0 aliphatic carbocycles. The topological polar surface area (TPSA) is 83.4 Å². The van der Waals surface area contributed by atoms with Crippen LogP contribution < -0.4 is 9.47 Å². The Morgan fingerprint density at radius 1 is 0.767 bits per heavy atom. The smallest absolute Gasteiger partial charge is 0.262 e. The van der Waals surface area contributed by atoms with Gasteiger partial charge in [-0.25, -0.2) is 4.98 Å². The van der Waals surface area contributed by atoms with Gasteiger partial charge >= 0.3 is 0 Å². The molecule has 5 aromatic rings. The Kier molecular flexibility index (Phi) is 4.40. The molecule has 0 amide bonds. The lowest BCUT2D eigenvalue weighted by molar-refractivity contribution is 0.353. The third-order valence-corrected chi connectivity index (χ3v) is 4.73. The molecule has 0 N–H and O–H groups in total. The number of nitrogens with zero attached hydrogens (tertiary/aromatic N) is 3. The van der Waals surface area contributed by atoms with Crippen molar-refractivity contribution in [2.45, 2.75) is 0 Å². The maximum Gasteiger partial charge on any atom is 0.262 e. The van der Waals surface area contributed by atoms with Gasteiger partial charge in [0.2, 0.25) is 11.7 Å². The van der Waals surface area contributed by atoms with Crippen LogP contribution in [-0.4, -0.2) is 29.3 Å². The molecule has 0 aliphatic heterocycles. The summed E-state index contributed by atoms with van der Waals surface area (Å²) in [5.74, 6) is 2.48. The number of oxazole rings is 1. The van der Waals surface area contributed by atoms with Crippen LogP contribution in [0.2, 0.25) is 0 Å². The molecule has 0 bridgehead atoms. The fourth-order valence-electron chi connectivity index (χ4n) is 3.28. The summed E-state index contributed by atoms with van der Waals surface area (Å²) in [6.07, 6.45) is 0. The highest BCUT2D eigenvalue weighted by Crippen LogP contribution is 2.37. The Morgan fingerprint density at radius 2 is 1.63 bits per heavy atom. The highest BCUT2D eigenvalue weighted by Gasteiger charge is 2.18.